The van der Waals surface area contributed by atoms with Gasteiger partial charge in [0.05, 0.1) is 21.9 Å². The van der Waals surface area contributed by atoms with Crippen LogP contribution in [0.15, 0.2) is 67.0 Å². The summed E-state index contributed by atoms with van der Waals surface area (Å²) in [6, 6.07) is 13.5. The van der Waals surface area contributed by atoms with Crippen molar-refractivity contribution in [2.75, 3.05) is 69.7 Å². The molecule has 0 aliphatic carbocycles. The Hall–Kier alpha value is -6.13. The van der Waals surface area contributed by atoms with E-state index in [4.69, 9.17) is 11.6 Å². The first kappa shape index (κ1) is 45.0. The topological polar surface area (TPSA) is 130 Å². The van der Waals surface area contributed by atoms with E-state index in [1.165, 1.54) is 28.0 Å². The van der Waals surface area contributed by atoms with Crippen LogP contribution in [-0.4, -0.2) is 119 Å². The van der Waals surface area contributed by atoms with Gasteiger partial charge in [-0.25, -0.2) is 18.0 Å². The minimum atomic E-state index is -1.06. The van der Waals surface area contributed by atoms with E-state index in [2.05, 4.69) is 20.3 Å². The lowest BCUT2D eigenvalue weighted by Crippen LogP contribution is -2.49. The predicted molar refractivity (Wildman–Crippen MR) is 248 cm³/mol. The molecule has 3 aromatic carbocycles. The molecule has 2 aromatic heterocycles. The highest BCUT2D eigenvalue weighted by atomic mass is 35.5. The van der Waals surface area contributed by atoms with Crippen molar-refractivity contribution in [3.8, 4) is 11.1 Å². The molecule has 9 rings (SSSR count). The van der Waals surface area contributed by atoms with Gasteiger partial charge in [0.25, 0.3) is 5.91 Å². The molecule has 5 aromatic rings. The molecule has 4 aliphatic rings. The molecule has 0 unspecified atom stereocenters. The number of urea groups is 1. The maximum absolute atomic E-state index is 16.6. The largest absolute Gasteiger partial charge is 0.369 e. The zero-order valence-electron chi connectivity index (χ0n) is 37.1. The number of imide groups is 1. The zero-order chi connectivity index (χ0) is 46.2. The van der Waals surface area contributed by atoms with E-state index in [-0.39, 0.29) is 76.7 Å². The van der Waals surface area contributed by atoms with E-state index in [0.717, 1.165) is 50.8 Å². The van der Waals surface area contributed by atoms with Crippen molar-refractivity contribution in [2.45, 2.75) is 64.0 Å². The molecule has 5 amide bonds. The van der Waals surface area contributed by atoms with Crippen LogP contribution in [0.4, 0.5) is 29.3 Å². The van der Waals surface area contributed by atoms with Crippen molar-refractivity contribution in [2.24, 2.45) is 5.92 Å². The molecule has 0 bridgehead atoms. The Bertz CT molecular complexity index is 2710. The van der Waals surface area contributed by atoms with Crippen LogP contribution in [0, 0.1) is 23.4 Å². The number of hydrogen-bond acceptors (Lipinski definition) is 7. The first-order chi connectivity index (χ1) is 31.8. The number of rotatable bonds is 11. The number of aryl methyl sites for hydroxylation is 1. The van der Waals surface area contributed by atoms with Crippen molar-refractivity contribution in [3.05, 3.63) is 106 Å². The Balaban J connectivity index is 0.877. The third-order valence-electron chi connectivity index (χ3n) is 13.7. The number of aromatic nitrogens is 3. The lowest BCUT2D eigenvalue weighted by atomic mass is 9.88. The van der Waals surface area contributed by atoms with Crippen molar-refractivity contribution >= 4 is 63.2 Å². The Kier molecular flexibility index (Phi) is 13.0. The maximum atomic E-state index is 16.6. The summed E-state index contributed by atoms with van der Waals surface area (Å²) in [6.07, 6.45) is 10.7. The van der Waals surface area contributed by atoms with Gasteiger partial charge in [0.1, 0.15) is 5.69 Å². The van der Waals surface area contributed by atoms with Gasteiger partial charge < -0.3 is 24.6 Å². The van der Waals surface area contributed by atoms with Gasteiger partial charge in [-0.2, -0.15) is 5.10 Å². The van der Waals surface area contributed by atoms with E-state index in [9.17, 15) is 19.2 Å². The molecular formula is C49H53ClF3N9O4. The molecule has 66 heavy (non-hydrogen) atoms. The van der Waals surface area contributed by atoms with Crippen LogP contribution in [-0.2, 0) is 22.6 Å². The average Bonchev–Trinajstić information content (AvgIpc) is 4.02. The van der Waals surface area contributed by atoms with Crippen molar-refractivity contribution in [1.82, 2.24) is 34.8 Å². The highest BCUT2D eigenvalue weighted by Gasteiger charge is 2.32. The van der Waals surface area contributed by atoms with Gasteiger partial charge in [-0.1, -0.05) is 23.7 Å². The summed E-state index contributed by atoms with van der Waals surface area (Å²) in [6.45, 7) is 4.23. The number of likely N-dealkylation sites (tertiary alicyclic amines) is 1. The van der Waals surface area contributed by atoms with Crippen molar-refractivity contribution in [3.63, 3.8) is 0 Å². The number of nitrogens with one attached hydrogen (secondary N) is 2. The summed E-state index contributed by atoms with van der Waals surface area (Å²) < 4.78 is 51.3. The van der Waals surface area contributed by atoms with Crippen LogP contribution in [0.5, 0.6) is 0 Å². The molecule has 0 saturated carbocycles. The third kappa shape index (κ3) is 9.17. The quantitative estimate of drug-likeness (QED) is 0.138. The smallest absolute Gasteiger partial charge is 0.328 e. The van der Waals surface area contributed by atoms with Crippen LogP contribution < -0.4 is 15.1 Å². The second kappa shape index (κ2) is 19.0. The molecular weight excluding hydrogens is 871 g/mol. The molecule has 346 valence electrons. The normalized spacial score (nSPS) is 18.0. The average molecular weight is 924 g/mol. The Morgan fingerprint density at radius 2 is 1.65 bits per heavy atom. The lowest BCUT2D eigenvalue weighted by Gasteiger charge is -2.42. The second-order valence-corrected chi connectivity index (χ2v) is 18.4. The molecule has 2 N–H and O–H groups in total. The van der Waals surface area contributed by atoms with Gasteiger partial charge in [0, 0.05) is 101 Å². The van der Waals surface area contributed by atoms with Crippen LogP contribution in [0.1, 0.15) is 66.6 Å². The van der Waals surface area contributed by atoms with E-state index < -0.39 is 29.4 Å². The number of amides is 5. The molecule has 6 heterocycles. The van der Waals surface area contributed by atoms with Gasteiger partial charge in [0.2, 0.25) is 11.8 Å². The first-order valence-electron chi connectivity index (χ1n) is 22.7. The van der Waals surface area contributed by atoms with Gasteiger partial charge in [0.15, 0.2) is 17.5 Å². The summed E-state index contributed by atoms with van der Waals surface area (Å²) in [5, 5.41) is 7.24. The van der Waals surface area contributed by atoms with E-state index in [1.807, 2.05) is 29.2 Å². The van der Waals surface area contributed by atoms with Gasteiger partial charge in [-0.05, 0) is 117 Å². The number of carbonyl (C=O) groups is 4. The number of anilines is 2. The van der Waals surface area contributed by atoms with Gasteiger partial charge in [-0.3, -0.25) is 29.3 Å². The van der Waals surface area contributed by atoms with Crippen molar-refractivity contribution < 1.29 is 32.3 Å². The molecule has 3 saturated heterocycles. The van der Waals surface area contributed by atoms with Gasteiger partial charge in [-0.15, -0.1) is 0 Å². The number of nitrogens with zero attached hydrogens (tertiary/aromatic N) is 7. The fourth-order valence-corrected chi connectivity index (χ4v) is 10.3. The SMILES string of the molecule is CN(C)C(=O)c1cc2c(-c3ccc(N4CCC(N5CCC(Cc6ccc(Cl)c(N7CCC(=O)NC7=O)c6)CC5)CC4)c(F)c3F)cc(C3=CCCN(C(=O)CCn4cccn4)C3)c(F)c2[nH]1. The third-order valence-corrected chi connectivity index (χ3v) is 14.0. The van der Waals surface area contributed by atoms with Crippen LogP contribution in [0.3, 0.4) is 0 Å². The molecule has 0 radical (unpaired) electrons. The highest BCUT2D eigenvalue weighted by Crippen LogP contribution is 2.41. The maximum Gasteiger partial charge on any atom is 0.328 e. The van der Waals surface area contributed by atoms with Crippen LogP contribution in [0.25, 0.3) is 27.6 Å². The standard InChI is InChI=1S/C49H53ClF3N9O4/c1-57(2)48(65)39-28-37-36(27-35(45(52)47(37)55-39)32-5-3-17-60(29-32)43(64)15-23-61-18-4-16-54-61)34-7-9-40(46(53)44(34)51)59-21-12-33(13-22-59)58-19-10-30(11-20-58)25-31-6-8-38(50)41(26-31)62-24-14-42(63)56-49(62)66/h4-9,16,18,26-28,30,33,55H,3,10-15,17,19-25,29H2,1-2H3,(H,56,63,66). The molecule has 3 fully saturated rings. The fourth-order valence-electron chi connectivity index (χ4n) is 10.0. The number of carbonyl (C=O) groups excluding carboxylic acids is 4. The van der Waals surface area contributed by atoms with E-state index in [1.54, 1.807) is 48.2 Å². The number of H-pyrrole nitrogens is 1. The summed E-state index contributed by atoms with van der Waals surface area (Å²) in [4.78, 5) is 62.4. The number of aromatic amines is 1. The fraction of sp³-hybridized carbons (Fsp3) is 0.408. The second-order valence-electron chi connectivity index (χ2n) is 18.0. The summed E-state index contributed by atoms with van der Waals surface area (Å²) in [7, 11) is 3.15. The summed E-state index contributed by atoms with van der Waals surface area (Å²) in [5.41, 5.74) is 2.81. The Morgan fingerprint density at radius 1 is 0.864 bits per heavy atom. The van der Waals surface area contributed by atoms with Crippen molar-refractivity contribution in [1.29, 1.82) is 0 Å². The molecule has 4 aliphatic heterocycles. The first-order valence-corrected chi connectivity index (χ1v) is 23.1. The van der Waals surface area contributed by atoms with Gasteiger partial charge >= 0.3 is 6.03 Å². The van der Waals surface area contributed by atoms with E-state index in [0.29, 0.717) is 60.8 Å². The Morgan fingerprint density at radius 3 is 2.38 bits per heavy atom. The number of halogens is 4. The van der Waals surface area contributed by atoms with Crippen LogP contribution in [0.2, 0.25) is 5.02 Å². The monoisotopic (exact) mass is 923 g/mol. The number of benzene rings is 3. The number of piperidine rings is 2. The molecule has 0 spiro atoms. The summed E-state index contributed by atoms with van der Waals surface area (Å²) >= 11 is 6.48. The highest BCUT2D eigenvalue weighted by molar-refractivity contribution is 6.34. The predicted octanol–water partition coefficient (Wildman–Crippen LogP) is 7.88. The lowest BCUT2D eigenvalue weighted by molar-refractivity contribution is -0.131. The minimum Gasteiger partial charge on any atom is -0.369 e. The van der Waals surface area contributed by atoms with E-state index >= 15 is 13.2 Å². The molecule has 17 heteroatoms. The minimum absolute atomic E-state index is 0.00665. The Labute approximate surface area is 386 Å². The van der Waals surface area contributed by atoms with Crippen LogP contribution >= 0.6 is 11.6 Å². The zero-order valence-corrected chi connectivity index (χ0v) is 37.9. The number of hydrogen-bond donors (Lipinski definition) is 2. The molecule has 0 atom stereocenters. The number of fused-ring (bicyclic) bond motifs is 1. The molecule has 13 nitrogen and oxygen atoms in total. The summed E-state index contributed by atoms with van der Waals surface area (Å²) in [5.74, 6) is -3.05.